The first kappa shape index (κ1) is 23.3. The Hall–Kier alpha value is -3.38. The smallest absolute Gasteiger partial charge is 0.00264 e. The molecule has 0 aliphatic carbocycles. The van der Waals surface area contributed by atoms with Gasteiger partial charge in [-0.1, -0.05) is 136 Å². The van der Waals surface area contributed by atoms with Gasteiger partial charge in [0.05, 0.1) is 0 Å². The largest absolute Gasteiger partial charge is 0.0683 e. The van der Waals surface area contributed by atoms with Crippen LogP contribution in [0, 0.1) is 13.8 Å². The minimum absolute atomic E-state index is 1.27. The molecule has 0 radical (unpaired) electrons. The lowest BCUT2D eigenvalue weighted by Crippen LogP contribution is -1.90. The lowest BCUT2D eigenvalue weighted by Gasteiger charge is -2.17. The Morgan fingerprint density at radius 3 is 0.844 bits per heavy atom. The first-order valence-electron chi connectivity index (χ1n) is 11.8. The average Bonchev–Trinajstić information content (AvgIpc) is 2.86. The molecule has 0 heteroatoms. The number of hydrogen-bond donors (Lipinski definition) is 0. The van der Waals surface area contributed by atoms with E-state index in [1.54, 1.807) is 0 Å². The van der Waals surface area contributed by atoms with Gasteiger partial charge in [0.1, 0.15) is 0 Å². The molecule has 5 rings (SSSR count). The number of aryl methyl sites for hydroxylation is 2. The topological polar surface area (TPSA) is 0 Å². The highest BCUT2D eigenvalue weighted by atomic mass is 14.2. The Kier molecular flexibility index (Phi) is 7.84. The van der Waals surface area contributed by atoms with E-state index in [2.05, 4.69) is 111 Å². The fourth-order valence-corrected chi connectivity index (χ4v) is 4.19. The van der Waals surface area contributed by atoms with Crippen molar-refractivity contribution in [2.24, 2.45) is 0 Å². The summed E-state index contributed by atoms with van der Waals surface area (Å²) < 4.78 is 0. The van der Waals surface area contributed by atoms with E-state index in [1.807, 2.05) is 27.7 Å². The Bertz CT molecular complexity index is 1130. The highest BCUT2D eigenvalue weighted by Gasteiger charge is 2.15. The fraction of sp³-hybridized carbons (Fsp3) is 0.188. The summed E-state index contributed by atoms with van der Waals surface area (Å²) in [6.07, 6.45) is 0. The average molecular weight is 419 g/mol. The number of hydrogen-bond acceptors (Lipinski definition) is 0. The van der Waals surface area contributed by atoms with Crippen molar-refractivity contribution in [2.45, 2.75) is 41.5 Å². The van der Waals surface area contributed by atoms with Gasteiger partial charge in [-0.25, -0.2) is 0 Å². The molecule has 5 aromatic carbocycles. The normalized spacial score (nSPS) is 10.2. The highest BCUT2D eigenvalue weighted by Crippen LogP contribution is 2.43. The van der Waals surface area contributed by atoms with Gasteiger partial charge in [-0.2, -0.15) is 0 Å². The van der Waals surface area contributed by atoms with E-state index in [-0.39, 0.29) is 0 Å². The van der Waals surface area contributed by atoms with Crippen LogP contribution in [0.25, 0.3) is 43.8 Å². The van der Waals surface area contributed by atoms with E-state index in [0.717, 1.165) is 0 Å². The molecule has 5 aromatic rings. The molecule has 32 heavy (non-hydrogen) atoms. The van der Waals surface area contributed by atoms with Crippen molar-refractivity contribution in [1.29, 1.82) is 0 Å². The van der Waals surface area contributed by atoms with E-state index in [9.17, 15) is 0 Å². The molecule has 0 spiro atoms. The van der Waals surface area contributed by atoms with E-state index in [4.69, 9.17) is 0 Å². The van der Waals surface area contributed by atoms with E-state index in [0.29, 0.717) is 0 Å². The fourth-order valence-electron chi connectivity index (χ4n) is 4.19. The van der Waals surface area contributed by atoms with E-state index >= 15 is 0 Å². The summed E-state index contributed by atoms with van der Waals surface area (Å²) in [4.78, 5) is 0. The van der Waals surface area contributed by atoms with Crippen molar-refractivity contribution in [3.05, 3.63) is 108 Å². The molecule has 0 aliphatic rings. The van der Waals surface area contributed by atoms with Gasteiger partial charge in [0.25, 0.3) is 0 Å². The lowest BCUT2D eigenvalue weighted by atomic mass is 9.86. The van der Waals surface area contributed by atoms with E-state index < -0.39 is 0 Å². The molecule has 0 heterocycles. The Morgan fingerprint density at radius 1 is 0.344 bits per heavy atom. The quantitative estimate of drug-likeness (QED) is 0.250. The molecule has 0 amide bonds. The molecule has 0 fully saturated rings. The molecule has 0 bridgehead atoms. The maximum Gasteiger partial charge on any atom is -0.00264 e. The molecule has 162 valence electrons. The van der Waals surface area contributed by atoms with Crippen molar-refractivity contribution in [2.75, 3.05) is 0 Å². The summed E-state index contributed by atoms with van der Waals surface area (Å²) >= 11 is 0. The van der Waals surface area contributed by atoms with Crippen LogP contribution in [0.1, 0.15) is 38.8 Å². The van der Waals surface area contributed by atoms with Crippen molar-refractivity contribution >= 4 is 21.5 Å². The van der Waals surface area contributed by atoms with Crippen LogP contribution in [0.5, 0.6) is 0 Å². The second-order valence-electron chi connectivity index (χ2n) is 7.57. The second kappa shape index (κ2) is 10.8. The Morgan fingerprint density at radius 2 is 0.594 bits per heavy atom. The van der Waals surface area contributed by atoms with Crippen LogP contribution in [0.4, 0.5) is 0 Å². The third kappa shape index (κ3) is 4.46. The number of fused-ring (bicyclic) bond motifs is 2. The zero-order valence-corrected chi connectivity index (χ0v) is 20.2. The van der Waals surface area contributed by atoms with Crippen molar-refractivity contribution in [1.82, 2.24) is 0 Å². The van der Waals surface area contributed by atoms with Crippen LogP contribution in [-0.2, 0) is 0 Å². The van der Waals surface area contributed by atoms with Gasteiger partial charge in [-0.05, 0) is 57.6 Å². The molecule has 0 saturated carbocycles. The first-order valence-corrected chi connectivity index (χ1v) is 11.8. The molecule has 0 aliphatic heterocycles. The molecule has 0 saturated heterocycles. The van der Waals surface area contributed by atoms with E-state index in [1.165, 1.54) is 54.9 Å². The Labute approximate surface area is 193 Å². The van der Waals surface area contributed by atoms with Crippen LogP contribution in [-0.4, -0.2) is 0 Å². The molecular weight excluding hydrogens is 384 g/mol. The third-order valence-electron chi connectivity index (χ3n) is 5.61. The summed E-state index contributed by atoms with van der Waals surface area (Å²) in [6.45, 7) is 12.3. The maximum atomic E-state index is 2.26. The van der Waals surface area contributed by atoms with Crippen LogP contribution >= 0.6 is 0 Å². The lowest BCUT2D eigenvalue weighted by molar-refractivity contribution is 1.47. The van der Waals surface area contributed by atoms with Gasteiger partial charge in [-0.15, -0.1) is 0 Å². The summed E-state index contributed by atoms with van der Waals surface area (Å²) in [5, 5.41) is 5.22. The van der Waals surface area contributed by atoms with Crippen LogP contribution in [0.3, 0.4) is 0 Å². The number of benzene rings is 5. The summed E-state index contributed by atoms with van der Waals surface area (Å²) in [7, 11) is 0. The van der Waals surface area contributed by atoms with Gasteiger partial charge in [0.15, 0.2) is 0 Å². The van der Waals surface area contributed by atoms with Gasteiger partial charge in [0, 0.05) is 0 Å². The minimum Gasteiger partial charge on any atom is -0.0683 e. The SMILES string of the molecule is CC.CC.Cc1ccc(-c2c3ccccc3c(-c3ccc(C)cc3)c3ccccc23)cc1. The van der Waals surface area contributed by atoms with Gasteiger partial charge < -0.3 is 0 Å². The molecule has 0 unspecified atom stereocenters. The van der Waals surface area contributed by atoms with Gasteiger partial charge in [-0.3, -0.25) is 0 Å². The summed E-state index contributed by atoms with van der Waals surface area (Å²) in [5.41, 5.74) is 7.76. The van der Waals surface area contributed by atoms with Gasteiger partial charge in [0.2, 0.25) is 0 Å². The molecule has 0 aromatic heterocycles. The Balaban J connectivity index is 0.000000686. The maximum absolute atomic E-state index is 2.26. The molecule has 0 nitrogen and oxygen atoms in total. The zero-order chi connectivity index (χ0) is 23.1. The van der Waals surface area contributed by atoms with Crippen molar-refractivity contribution in [3.8, 4) is 22.3 Å². The second-order valence-corrected chi connectivity index (χ2v) is 7.57. The van der Waals surface area contributed by atoms with Crippen molar-refractivity contribution in [3.63, 3.8) is 0 Å². The predicted molar refractivity (Wildman–Crippen MR) is 144 cm³/mol. The zero-order valence-electron chi connectivity index (χ0n) is 20.2. The predicted octanol–water partition coefficient (Wildman–Crippen LogP) is 10.00. The van der Waals surface area contributed by atoms with Crippen molar-refractivity contribution < 1.29 is 0 Å². The number of rotatable bonds is 2. The third-order valence-corrected chi connectivity index (χ3v) is 5.61. The minimum atomic E-state index is 1.27. The molecule has 0 N–H and O–H groups in total. The van der Waals surface area contributed by atoms with Gasteiger partial charge >= 0.3 is 0 Å². The highest BCUT2D eigenvalue weighted by molar-refractivity contribution is 6.21. The monoisotopic (exact) mass is 418 g/mol. The first-order chi connectivity index (χ1) is 15.7. The van der Waals surface area contributed by atoms with Crippen LogP contribution in [0.15, 0.2) is 97.1 Å². The van der Waals surface area contributed by atoms with Crippen LogP contribution in [0.2, 0.25) is 0 Å². The summed E-state index contributed by atoms with van der Waals surface area (Å²) in [6, 6.07) is 35.4. The van der Waals surface area contributed by atoms with Crippen LogP contribution < -0.4 is 0 Å². The molecular formula is C32H34. The molecule has 0 atom stereocenters. The standard InChI is InChI=1S/C28H22.2C2H6/c1-19-11-15-21(16-12-19)27-23-7-3-5-9-25(23)28(22-17-13-20(2)14-18-22)26-10-6-4-8-24(26)27;2*1-2/h3-18H,1-2H3;2*1-2H3. The summed E-state index contributed by atoms with van der Waals surface area (Å²) in [5.74, 6) is 0.